The summed E-state index contributed by atoms with van der Waals surface area (Å²) in [6.45, 7) is 6.57. The average molecular weight is 254 g/mol. The molecule has 0 saturated heterocycles. The first-order chi connectivity index (χ1) is 9.09. The van der Waals surface area contributed by atoms with Gasteiger partial charge in [0.05, 0.1) is 0 Å². The second kappa shape index (κ2) is 4.53. The minimum absolute atomic E-state index is 0.216. The Bertz CT molecular complexity index is 622. The highest BCUT2D eigenvalue weighted by Gasteiger charge is 2.23. The van der Waals surface area contributed by atoms with Gasteiger partial charge < -0.3 is 10.3 Å². The van der Waals surface area contributed by atoms with E-state index in [1.807, 2.05) is 0 Å². The van der Waals surface area contributed by atoms with Crippen LogP contribution in [0, 0.1) is 20.8 Å². The molecule has 2 nitrogen and oxygen atoms in total. The third-order valence-electron chi connectivity index (χ3n) is 4.47. The maximum Gasteiger partial charge on any atom is 0.0486 e. The summed E-state index contributed by atoms with van der Waals surface area (Å²) in [5.74, 6) is 0. The fourth-order valence-corrected chi connectivity index (χ4v) is 3.25. The molecule has 0 amide bonds. The van der Waals surface area contributed by atoms with E-state index in [1.54, 1.807) is 0 Å². The van der Waals surface area contributed by atoms with Crippen molar-refractivity contribution < 1.29 is 0 Å². The molecule has 1 aromatic heterocycles. The Hall–Kier alpha value is -1.54. The van der Waals surface area contributed by atoms with Crippen LogP contribution in [0.3, 0.4) is 0 Å². The number of hydrogen-bond acceptors (Lipinski definition) is 1. The standard InChI is InChI=1S/C17H22N2/c1-11-6-4-8-16(13(11)3)19-12(2)10-14-15(18)7-5-9-17(14)19/h4,6,8,10,15H,5,7,9,18H2,1-3H3. The normalized spacial score (nSPS) is 18.4. The minimum Gasteiger partial charge on any atom is -0.324 e. The van der Waals surface area contributed by atoms with Crippen LogP contribution in [0.4, 0.5) is 0 Å². The molecule has 1 atom stereocenters. The lowest BCUT2D eigenvalue weighted by Crippen LogP contribution is -2.18. The van der Waals surface area contributed by atoms with Crippen LogP contribution in [0.25, 0.3) is 5.69 Å². The first-order valence-corrected chi connectivity index (χ1v) is 7.13. The summed E-state index contributed by atoms with van der Waals surface area (Å²) in [4.78, 5) is 0. The molecule has 0 spiro atoms. The molecule has 2 aromatic rings. The first kappa shape index (κ1) is 12.5. The van der Waals surface area contributed by atoms with Crippen molar-refractivity contribution in [1.82, 2.24) is 4.57 Å². The van der Waals surface area contributed by atoms with Crippen molar-refractivity contribution in [3.8, 4) is 5.69 Å². The summed E-state index contributed by atoms with van der Waals surface area (Å²) in [6, 6.07) is 9.03. The molecule has 1 heterocycles. The molecule has 0 fully saturated rings. The smallest absolute Gasteiger partial charge is 0.0486 e. The molecule has 2 heteroatoms. The molecule has 1 unspecified atom stereocenters. The topological polar surface area (TPSA) is 30.9 Å². The molecule has 0 saturated carbocycles. The minimum atomic E-state index is 0.216. The molecule has 19 heavy (non-hydrogen) atoms. The summed E-state index contributed by atoms with van der Waals surface area (Å²) in [6.07, 6.45) is 3.45. The first-order valence-electron chi connectivity index (χ1n) is 7.13. The average Bonchev–Trinajstić information content (AvgIpc) is 2.71. The lowest BCUT2D eigenvalue weighted by molar-refractivity contribution is 0.559. The van der Waals surface area contributed by atoms with Gasteiger partial charge in [0, 0.05) is 23.1 Å². The van der Waals surface area contributed by atoms with Gasteiger partial charge in [0.25, 0.3) is 0 Å². The Morgan fingerprint density at radius 2 is 2.00 bits per heavy atom. The van der Waals surface area contributed by atoms with E-state index >= 15 is 0 Å². The largest absolute Gasteiger partial charge is 0.324 e. The van der Waals surface area contributed by atoms with Crippen molar-refractivity contribution in [2.45, 2.75) is 46.1 Å². The molecule has 1 aliphatic rings. The van der Waals surface area contributed by atoms with Crippen LogP contribution in [0.5, 0.6) is 0 Å². The highest BCUT2D eigenvalue weighted by molar-refractivity contribution is 5.50. The second-order valence-corrected chi connectivity index (χ2v) is 5.74. The number of rotatable bonds is 1. The van der Waals surface area contributed by atoms with Gasteiger partial charge >= 0.3 is 0 Å². The monoisotopic (exact) mass is 254 g/mol. The maximum atomic E-state index is 6.26. The quantitative estimate of drug-likeness (QED) is 0.825. The van der Waals surface area contributed by atoms with Crippen molar-refractivity contribution >= 4 is 0 Å². The lowest BCUT2D eigenvalue weighted by atomic mass is 9.93. The van der Waals surface area contributed by atoms with Gasteiger partial charge in [-0.3, -0.25) is 0 Å². The Balaban J connectivity index is 2.23. The predicted octanol–water partition coefficient (Wildman–Crippen LogP) is 3.74. The van der Waals surface area contributed by atoms with Crippen molar-refractivity contribution in [2.24, 2.45) is 5.73 Å². The van der Waals surface area contributed by atoms with Crippen LogP contribution in [-0.2, 0) is 6.42 Å². The maximum absolute atomic E-state index is 6.26. The molecule has 0 bridgehead atoms. The number of aryl methyl sites for hydroxylation is 2. The van der Waals surface area contributed by atoms with Gasteiger partial charge in [0.2, 0.25) is 0 Å². The molecule has 0 aliphatic heterocycles. The van der Waals surface area contributed by atoms with Gasteiger partial charge in [0.15, 0.2) is 0 Å². The Kier molecular flexibility index (Phi) is 2.98. The molecule has 1 aromatic carbocycles. The fraction of sp³-hybridized carbons (Fsp3) is 0.412. The predicted molar refractivity (Wildman–Crippen MR) is 79.8 cm³/mol. The van der Waals surface area contributed by atoms with E-state index in [0.717, 1.165) is 12.8 Å². The number of hydrogen-bond donors (Lipinski definition) is 1. The van der Waals surface area contributed by atoms with E-state index in [2.05, 4.69) is 49.6 Å². The summed E-state index contributed by atoms with van der Waals surface area (Å²) >= 11 is 0. The van der Waals surface area contributed by atoms with Gasteiger partial charge in [0.1, 0.15) is 0 Å². The van der Waals surface area contributed by atoms with Crippen LogP contribution < -0.4 is 5.73 Å². The van der Waals surface area contributed by atoms with Crippen molar-refractivity contribution in [1.29, 1.82) is 0 Å². The van der Waals surface area contributed by atoms with E-state index in [1.165, 1.54) is 40.2 Å². The van der Waals surface area contributed by atoms with Gasteiger partial charge in [-0.2, -0.15) is 0 Å². The highest BCUT2D eigenvalue weighted by Crippen LogP contribution is 2.33. The summed E-state index contributed by atoms with van der Waals surface area (Å²) < 4.78 is 2.41. The number of nitrogens with zero attached hydrogens (tertiary/aromatic N) is 1. The Labute approximate surface area is 115 Å². The van der Waals surface area contributed by atoms with E-state index < -0.39 is 0 Å². The van der Waals surface area contributed by atoms with Gasteiger partial charge in [-0.25, -0.2) is 0 Å². The number of fused-ring (bicyclic) bond motifs is 1. The Morgan fingerprint density at radius 3 is 2.79 bits per heavy atom. The van der Waals surface area contributed by atoms with Gasteiger partial charge in [-0.15, -0.1) is 0 Å². The van der Waals surface area contributed by atoms with E-state index in [9.17, 15) is 0 Å². The van der Waals surface area contributed by atoms with Crippen molar-refractivity contribution in [3.63, 3.8) is 0 Å². The summed E-state index contributed by atoms with van der Waals surface area (Å²) in [5.41, 5.74) is 14.4. The zero-order valence-corrected chi connectivity index (χ0v) is 12.0. The van der Waals surface area contributed by atoms with Gasteiger partial charge in [-0.1, -0.05) is 12.1 Å². The van der Waals surface area contributed by atoms with E-state index in [-0.39, 0.29) is 6.04 Å². The molecular weight excluding hydrogens is 232 g/mol. The van der Waals surface area contributed by atoms with Crippen LogP contribution in [0.1, 0.15) is 47.0 Å². The lowest BCUT2D eigenvalue weighted by Gasteiger charge is -2.22. The zero-order chi connectivity index (χ0) is 13.6. The highest BCUT2D eigenvalue weighted by atomic mass is 15.0. The van der Waals surface area contributed by atoms with Gasteiger partial charge in [-0.05, 0) is 68.9 Å². The van der Waals surface area contributed by atoms with Crippen LogP contribution in [-0.4, -0.2) is 4.57 Å². The fourth-order valence-electron chi connectivity index (χ4n) is 3.25. The summed E-state index contributed by atoms with van der Waals surface area (Å²) in [5, 5.41) is 0. The third kappa shape index (κ3) is 1.91. The molecule has 3 rings (SSSR count). The number of nitrogens with two attached hydrogens (primary N) is 1. The van der Waals surface area contributed by atoms with Crippen molar-refractivity contribution in [2.75, 3.05) is 0 Å². The summed E-state index contributed by atoms with van der Waals surface area (Å²) in [7, 11) is 0. The molecule has 1 aliphatic carbocycles. The van der Waals surface area contributed by atoms with Crippen LogP contribution in [0.2, 0.25) is 0 Å². The van der Waals surface area contributed by atoms with Crippen LogP contribution in [0.15, 0.2) is 24.3 Å². The molecule has 2 N–H and O–H groups in total. The second-order valence-electron chi connectivity index (χ2n) is 5.74. The number of benzene rings is 1. The molecular formula is C17H22N2. The SMILES string of the molecule is Cc1cccc(-n2c(C)cc3c2CCCC3N)c1C. The van der Waals surface area contributed by atoms with E-state index in [4.69, 9.17) is 5.73 Å². The van der Waals surface area contributed by atoms with Crippen molar-refractivity contribution in [3.05, 3.63) is 52.3 Å². The van der Waals surface area contributed by atoms with Crippen LogP contribution >= 0.6 is 0 Å². The third-order valence-corrected chi connectivity index (χ3v) is 4.47. The molecule has 100 valence electrons. The molecule has 0 radical (unpaired) electrons. The van der Waals surface area contributed by atoms with E-state index in [0.29, 0.717) is 0 Å². The zero-order valence-electron chi connectivity index (χ0n) is 12.0. The Morgan fingerprint density at radius 1 is 1.21 bits per heavy atom. The number of aromatic nitrogens is 1.